The van der Waals surface area contributed by atoms with Crippen molar-refractivity contribution in [1.29, 1.82) is 0 Å². The third-order valence-electron chi connectivity index (χ3n) is 5.64. The van der Waals surface area contributed by atoms with E-state index in [0.29, 0.717) is 17.9 Å². The summed E-state index contributed by atoms with van der Waals surface area (Å²) in [5, 5.41) is 0. The summed E-state index contributed by atoms with van der Waals surface area (Å²) in [5.74, 6) is 1.22. The van der Waals surface area contributed by atoms with Crippen LogP contribution in [0.3, 0.4) is 0 Å². The van der Waals surface area contributed by atoms with Crippen molar-refractivity contribution in [2.75, 3.05) is 46.9 Å². The lowest BCUT2D eigenvalue weighted by molar-refractivity contribution is -0.163. The lowest BCUT2D eigenvalue weighted by Gasteiger charge is -2.63. The molecule has 3 atom stereocenters. The Bertz CT molecular complexity index is 356. The number of hydrogen-bond acceptors (Lipinski definition) is 4. The molecule has 3 unspecified atom stereocenters. The first kappa shape index (κ1) is 17.2. The third kappa shape index (κ3) is 3.14. The van der Waals surface area contributed by atoms with Gasteiger partial charge in [0.25, 0.3) is 0 Å². The minimum atomic E-state index is -0.102. The highest BCUT2D eigenvalue weighted by atomic mass is 16.5. The Labute approximate surface area is 131 Å². The molecule has 0 amide bonds. The van der Waals surface area contributed by atoms with Gasteiger partial charge < -0.3 is 15.4 Å². The van der Waals surface area contributed by atoms with Gasteiger partial charge in [-0.15, -0.1) is 0 Å². The maximum Gasteiger partial charge on any atom is 0.0691 e. The van der Waals surface area contributed by atoms with Crippen LogP contribution >= 0.6 is 0 Å². The van der Waals surface area contributed by atoms with E-state index in [0.717, 1.165) is 39.2 Å². The zero-order valence-electron chi connectivity index (χ0n) is 14.9. The lowest BCUT2D eigenvalue weighted by Crippen LogP contribution is -2.78. The van der Waals surface area contributed by atoms with E-state index in [2.05, 4.69) is 51.6 Å². The Morgan fingerprint density at radius 1 is 1.24 bits per heavy atom. The number of nitrogens with two attached hydrogens (primary N) is 1. The van der Waals surface area contributed by atoms with E-state index in [-0.39, 0.29) is 11.0 Å². The fourth-order valence-corrected chi connectivity index (χ4v) is 4.26. The van der Waals surface area contributed by atoms with E-state index in [9.17, 15) is 0 Å². The van der Waals surface area contributed by atoms with Gasteiger partial charge in [0.15, 0.2) is 0 Å². The number of likely N-dealkylation sites (N-methyl/N-ethyl adjacent to an activating group) is 1. The second-order valence-corrected chi connectivity index (χ2v) is 8.38. The maximum atomic E-state index is 6.91. The normalized spacial score (nSPS) is 34.6. The largest absolute Gasteiger partial charge is 0.377 e. The average Bonchev–Trinajstić information content (AvgIpc) is 2.83. The number of nitrogens with zero attached hydrogens (tertiary/aromatic N) is 2. The molecule has 0 aromatic rings. The van der Waals surface area contributed by atoms with Gasteiger partial charge in [-0.3, -0.25) is 4.90 Å². The highest BCUT2D eigenvalue weighted by Gasteiger charge is 2.67. The molecule has 2 N–H and O–H groups in total. The van der Waals surface area contributed by atoms with Crippen LogP contribution in [0.1, 0.15) is 34.1 Å². The monoisotopic (exact) mass is 297 g/mol. The van der Waals surface area contributed by atoms with Gasteiger partial charge in [0.1, 0.15) is 0 Å². The molecule has 0 spiro atoms. The summed E-state index contributed by atoms with van der Waals surface area (Å²) in [6, 6.07) is 0. The molecular weight excluding hydrogens is 262 g/mol. The number of hydrogen-bond donors (Lipinski definition) is 1. The SMILES string of the molecule is CC(C)CN(CCN(C)C)CC1(N)C2CCOC2C1(C)C. The Hall–Kier alpha value is -0.160. The molecule has 2 aliphatic rings. The second-order valence-electron chi connectivity index (χ2n) is 8.38. The molecule has 2 rings (SSSR count). The van der Waals surface area contributed by atoms with E-state index in [1.54, 1.807) is 0 Å². The number of ether oxygens (including phenoxy) is 1. The summed E-state index contributed by atoms with van der Waals surface area (Å²) in [7, 11) is 4.28. The van der Waals surface area contributed by atoms with Crippen molar-refractivity contribution < 1.29 is 4.74 Å². The minimum absolute atomic E-state index is 0.0848. The first-order valence-electron chi connectivity index (χ1n) is 8.46. The molecule has 0 bridgehead atoms. The van der Waals surface area contributed by atoms with Crippen LogP contribution in [0, 0.1) is 17.3 Å². The van der Waals surface area contributed by atoms with E-state index in [4.69, 9.17) is 10.5 Å². The van der Waals surface area contributed by atoms with Crippen LogP contribution < -0.4 is 5.73 Å². The van der Waals surface area contributed by atoms with Gasteiger partial charge in [-0.2, -0.15) is 0 Å². The van der Waals surface area contributed by atoms with Crippen molar-refractivity contribution in [2.45, 2.75) is 45.8 Å². The van der Waals surface area contributed by atoms with Gasteiger partial charge in [0.2, 0.25) is 0 Å². The van der Waals surface area contributed by atoms with Crippen LogP contribution in [-0.4, -0.2) is 68.3 Å². The quantitative estimate of drug-likeness (QED) is 0.776. The Kier molecular flexibility index (Phi) is 5.04. The van der Waals surface area contributed by atoms with Crippen molar-refractivity contribution in [1.82, 2.24) is 9.80 Å². The van der Waals surface area contributed by atoms with Crippen LogP contribution in [0.4, 0.5) is 0 Å². The first-order valence-corrected chi connectivity index (χ1v) is 8.46. The highest BCUT2D eigenvalue weighted by Crippen LogP contribution is 2.58. The van der Waals surface area contributed by atoms with Crippen LogP contribution in [-0.2, 0) is 4.74 Å². The fraction of sp³-hybridized carbons (Fsp3) is 1.00. The first-order chi connectivity index (χ1) is 9.68. The average molecular weight is 297 g/mol. The molecule has 2 fully saturated rings. The fourth-order valence-electron chi connectivity index (χ4n) is 4.26. The molecule has 0 aromatic carbocycles. The molecule has 4 nitrogen and oxygen atoms in total. The van der Waals surface area contributed by atoms with Crippen molar-refractivity contribution in [3.63, 3.8) is 0 Å². The standard InChI is InChI=1S/C17H35N3O/c1-13(2)11-20(9-8-19(5)6)12-17(18)14-7-10-21-15(14)16(17,3)4/h13-15H,7-12,18H2,1-6H3. The zero-order chi connectivity index (χ0) is 15.8. The Morgan fingerprint density at radius 3 is 2.48 bits per heavy atom. The molecule has 0 radical (unpaired) electrons. The van der Waals surface area contributed by atoms with E-state index in [1.165, 1.54) is 0 Å². The number of rotatable bonds is 7. The maximum absolute atomic E-state index is 6.91. The Morgan fingerprint density at radius 2 is 1.90 bits per heavy atom. The van der Waals surface area contributed by atoms with Gasteiger partial charge in [0.05, 0.1) is 6.10 Å². The summed E-state index contributed by atoms with van der Waals surface area (Å²) in [6.45, 7) is 14.4. The predicted octanol–water partition coefficient (Wildman–Crippen LogP) is 1.65. The van der Waals surface area contributed by atoms with Crippen molar-refractivity contribution >= 4 is 0 Å². The van der Waals surface area contributed by atoms with Gasteiger partial charge in [-0.05, 0) is 26.4 Å². The van der Waals surface area contributed by atoms with Crippen LogP contribution in [0.15, 0.2) is 0 Å². The molecule has 1 aliphatic heterocycles. The second kappa shape index (κ2) is 6.15. The molecule has 124 valence electrons. The zero-order valence-corrected chi connectivity index (χ0v) is 14.9. The van der Waals surface area contributed by atoms with Gasteiger partial charge >= 0.3 is 0 Å². The van der Waals surface area contributed by atoms with E-state index in [1.807, 2.05) is 0 Å². The predicted molar refractivity (Wildman–Crippen MR) is 88.4 cm³/mol. The van der Waals surface area contributed by atoms with Gasteiger partial charge in [-0.1, -0.05) is 27.7 Å². The minimum Gasteiger partial charge on any atom is -0.377 e. The molecule has 21 heavy (non-hydrogen) atoms. The smallest absolute Gasteiger partial charge is 0.0691 e. The van der Waals surface area contributed by atoms with Gasteiger partial charge in [0, 0.05) is 49.7 Å². The van der Waals surface area contributed by atoms with E-state index < -0.39 is 0 Å². The van der Waals surface area contributed by atoms with E-state index >= 15 is 0 Å². The summed E-state index contributed by atoms with van der Waals surface area (Å²) in [6.07, 6.45) is 1.51. The van der Waals surface area contributed by atoms with Gasteiger partial charge in [-0.25, -0.2) is 0 Å². The molecule has 0 aromatic heterocycles. The van der Waals surface area contributed by atoms with Crippen LogP contribution in [0.5, 0.6) is 0 Å². The highest BCUT2D eigenvalue weighted by molar-refractivity contribution is 5.21. The summed E-state index contributed by atoms with van der Waals surface area (Å²) in [5.41, 5.74) is 6.90. The summed E-state index contributed by atoms with van der Waals surface area (Å²) < 4.78 is 5.92. The molecule has 1 heterocycles. The number of fused-ring (bicyclic) bond motifs is 1. The molecule has 4 heteroatoms. The summed E-state index contributed by atoms with van der Waals surface area (Å²) >= 11 is 0. The topological polar surface area (TPSA) is 41.7 Å². The van der Waals surface area contributed by atoms with Crippen molar-refractivity contribution in [2.24, 2.45) is 23.0 Å². The Balaban J connectivity index is 2.04. The lowest BCUT2D eigenvalue weighted by atomic mass is 9.48. The molecule has 1 saturated carbocycles. The molecule has 1 aliphatic carbocycles. The summed E-state index contributed by atoms with van der Waals surface area (Å²) in [4.78, 5) is 4.82. The van der Waals surface area contributed by atoms with Crippen molar-refractivity contribution in [3.05, 3.63) is 0 Å². The van der Waals surface area contributed by atoms with Crippen molar-refractivity contribution in [3.8, 4) is 0 Å². The van der Waals surface area contributed by atoms with Crippen LogP contribution in [0.25, 0.3) is 0 Å². The molecule has 1 saturated heterocycles. The van der Waals surface area contributed by atoms with Crippen LogP contribution in [0.2, 0.25) is 0 Å². The third-order valence-corrected chi connectivity index (χ3v) is 5.64. The molecular formula is C17H35N3O.